The molecule has 0 spiro atoms. The van der Waals surface area contributed by atoms with E-state index in [9.17, 15) is 4.79 Å². The molecule has 4 rings (SSSR count). The van der Waals surface area contributed by atoms with Gasteiger partial charge in [-0.25, -0.2) is 0 Å². The molecule has 0 unspecified atom stereocenters. The molecule has 0 saturated carbocycles. The summed E-state index contributed by atoms with van der Waals surface area (Å²) in [6.45, 7) is 3.11. The first-order chi connectivity index (χ1) is 14.1. The Hall–Kier alpha value is -2.98. The molecule has 0 aliphatic rings. The molecule has 29 heavy (non-hydrogen) atoms. The Morgan fingerprint density at radius 3 is 2.55 bits per heavy atom. The highest BCUT2D eigenvalue weighted by Gasteiger charge is 2.18. The van der Waals surface area contributed by atoms with Crippen LogP contribution >= 0.6 is 11.6 Å². The fourth-order valence-corrected chi connectivity index (χ4v) is 3.65. The first kappa shape index (κ1) is 19.3. The number of halogens is 1. The Labute approximate surface area is 175 Å². The van der Waals surface area contributed by atoms with Crippen LogP contribution in [0.2, 0.25) is 5.02 Å². The molecule has 4 aromatic rings. The molecule has 0 atom stereocenters. The zero-order valence-corrected chi connectivity index (χ0v) is 17.1. The minimum absolute atomic E-state index is 0.0870. The number of carbonyl (C=O) groups excluding carboxylic acids is 1. The van der Waals surface area contributed by atoms with Crippen LogP contribution in [-0.4, -0.2) is 17.0 Å². The van der Waals surface area contributed by atoms with Crippen molar-refractivity contribution < 1.29 is 9.21 Å². The minimum atomic E-state index is -0.0870. The van der Waals surface area contributed by atoms with Gasteiger partial charge < -0.3 is 14.3 Å². The molecule has 0 aliphatic carbocycles. The van der Waals surface area contributed by atoms with Gasteiger partial charge in [0.15, 0.2) is 5.58 Å². The Morgan fingerprint density at radius 1 is 1.03 bits per heavy atom. The van der Waals surface area contributed by atoms with Crippen molar-refractivity contribution in [3.8, 4) is 0 Å². The van der Waals surface area contributed by atoms with E-state index in [2.05, 4.69) is 17.4 Å². The molecule has 1 amide bonds. The van der Waals surface area contributed by atoms with Crippen molar-refractivity contribution in [2.45, 2.75) is 26.3 Å². The fourth-order valence-electron chi connectivity index (χ4n) is 3.53. The van der Waals surface area contributed by atoms with Crippen LogP contribution in [0.25, 0.3) is 11.1 Å². The summed E-state index contributed by atoms with van der Waals surface area (Å²) in [4.78, 5) is 12.9. The third kappa shape index (κ3) is 4.54. The number of nitrogens with one attached hydrogen (secondary N) is 1. The molecule has 4 nitrogen and oxygen atoms in total. The van der Waals surface area contributed by atoms with Crippen molar-refractivity contribution in [1.29, 1.82) is 0 Å². The van der Waals surface area contributed by atoms with Gasteiger partial charge in [-0.05, 0) is 43.0 Å². The number of hydrogen-bond acceptors (Lipinski definition) is 2. The molecule has 2 heterocycles. The lowest BCUT2D eigenvalue weighted by Gasteiger charge is -2.11. The number of rotatable bonds is 7. The van der Waals surface area contributed by atoms with Crippen LogP contribution in [0.5, 0.6) is 0 Å². The Balaban J connectivity index is 1.49. The van der Waals surface area contributed by atoms with Gasteiger partial charge in [-0.3, -0.25) is 4.79 Å². The maximum Gasteiger partial charge on any atom is 0.268 e. The van der Waals surface area contributed by atoms with Gasteiger partial charge in [0.05, 0.1) is 5.52 Å². The van der Waals surface area contributed by atoms with E-state index in [0.717, 1.165) is 35.3 Å². The third-order valence-corrected chi connectivity index (χ3v) is 5.22. The second-order valence-electron chi connectivity index (χ2n) is 7.19. The Morgan fingerprint density at radius 2 is 1.79 bits per heavy atom. The third-order valence-electron chi connectivity index (χ3n) is 4.97. The first-order valence-electron chi connectivity index (χ1n) is 9.76. The molecule has 0 fully saturated rings. The second kappa shape index (κ2) is 8.58. The van der Waals surface area contributed by atoms with Gasteiger partial charge in [0, 0.05) is 30.2 Å². The molecule has 1 N–H and O–H groups in total. The molecular weight excluding hydrogens is 384 g/mol. The van der Waals surface area contributed by atoms with Crippen LogP contribution in [0.15, 0.2) is 71.1 Å². The summed E-state index contributed by atoms with van der Waals surface area (Å²) in [6, 6.07) is 21.8. The van der Waals surface area contributed by atoms with Gasteiger partial charge in [0.25, 0.3) is 5.91 Å². The average molecular weight is 407 g/mol. The first-order valence-corrected chi connectivity index (χ1v) is 10.1. The predicted molar refractivity (Wildman–Crippen MR) is 117 cm³/mol. The van der Waals surface area contributed by atoms with Crippen molar-refractivity contribution in [2.75, 3.05) is 6.54 Å². The van der Waals surface area contributed by atoms with Crippen LogP contribution in [-0.2, 0) is 13.0 Å². The molecule has 0 radical (unpaired) electrons. The van der Waals surface area contributed by atoms with Gasteiger partial charge in [0.2, 0.25) is 0 Å². The summed E-state index contributed by atoms with van der Waals surface area (Å²) >= 11 is 6.00. The topological polar surface area (TPSA) is 47.2 Å². The number of aromatic nitrogens is 1. The lowest BCUT2D eigenvalue weighted by molar-refractivity contribution is 0.0944. The molecule has 2 aromatic heterocycles. The lowest BCUT2D eigenvalue weighted by Crippen LogP contribution is -2.27. The molecule has 0 aliphatic heterocycles. The van der Waals surface area contributed by atoms with E-state index < -0.39 is 0 Å². The monoisotopic (exact) mass is 406 g/mol. The molecule has 0 saturated heterocycles. The lowest BCUT2D eigenvalue weighted by atomic mass is 10.1. The number of amides is 1. The van der Waals surface area contributed by atoms with Gasteiger partial charge in [-0.1, -0.05) is 54.1 Å². The molecule has 0 bridgehead atoms. The van der Waals surface area contributed by atoms with E-state index >= 15 is 0 Å². The van der Waals surface area contributed by atoms with Crippen molar-refractivity contribution in [3.63, 3.8) is 0 Å². The zero-order valence-electron chi connectivity index (χ0n) is 16.3. The largest absolute Gasteiger partial charge is 0.460 e. The zero-order chi connectivity index (χ0) is 20.2. The highest BCUT2D eigenvalue weighted by molar-refractivity contribution is 6.30. The number of benzene rings is 2. The van der Waals surface area contributed by atoms with Gasteiger partial charge >= 0.3 is 0 Å². The van der Waals surface area contributed by atoms with Crippen LogP contribution in [0, 0.1) is 6.92 Å². The van der Waals surface area contributed by atoms with Crippen LogP contribution in [0.4, 0.5) is 0 Å². The second-order valence-corrected chi connectivity index (χ2v) is 7.63. The summed E-state index contributed by atoms with van der Waals surface area (Å²) in [5.74, 6) is 0.741. The number of carbonyl (C=O) groups is 1. The predicted octanol–water partition coefficient (Wildman–Crippen LogP) is 5.61. The number of hydrogen-bond donors (Lipinski definition) is 1. The molecule has 2 aromatic carbocycles. The average Bonchev–Trinajstić information content (AvgIpc) is 3.24. The molecular formula is C24H23ClN2O2. The van der Waals surface area contributed by atoms with E-state index in [0.29, 0.717) is 23.8 Å². The van der Waals surface area contributed by atoms with Crippen molar-refractivity contribution in [2.24, 2.45) is 0 Å². The molecule has 148 valence electrons. The summed E-state index contributed by atoms with van der Waals surface area (Å²) in [5.41, 5.74) is 4.61. The quantitative estimate of drug-likeness (QED) is 0.405. The van der Waals surface area contributed by atoms with Crippen molar-refractivity contribution in [1.82, 2.24) is 9.88 Å². The highest BCUT2D eigenvalue weighted by atomic mass is 35.5. The Kier molecular flexibility index (Phi) is 5.72. The SMILES string of the molecule is Cc1cc2c(cc(C(=O)NCCCc3ccccc3)n2Cc2ccc(Cl)cc2)o1. The standard InChI is InChI=1S/C24H23ClN2O2/c1-17-14-21-23(29-17)15-22(27(21)16-19-9-11-20(25)12-10-19)24(28)26-13-5-8-18-6-3-2-4-7-18/h2-4,6-7,9-12,14-15H,5,8,13,16H2,1H3,(H,26,28). The van der Waals surface area contributed by atoms with E-state index in [1.165, 1.54) is 5.56 Å². The summed E-state index contributed by atoms with van der Waals surface area (Å²) in [5, 5.41) is 3.74. The van der Waals surface area contributed by atoms with E-state index in [1.807, 2.05) is 66.1 Å². The summed E-state index contributed by atoms with van der Waals surface area (Å²) in [7, 11) is 0. The molecule has 5 heteroatoms. The van der Waals surface area contributed by atoms with Crippen LogP contribution in [0.1, 0.15) is 33.8 Å². The van der Waals surface area contributed by atoms with E-state index in [1.54, 1.807) is 0 Å². The summed E-state index contributed by atoms with van der Waals surface area (Å²) in [6.07, 6.45) is 1.83. The normalized spacial score (nSPS) is 11.1. The van der Waals surface area contributed by atoms with Gasteiger partial charge in [-0.15, -0.1) is 0 Å². The van der Waals surface area contributed by atoms with E-state index in [4.69, 9.17) is 16.0 Å². The minimum Gasteiger partial charge on any atom is -0.460 e. The Bertz CT molecular complexity index is 1110. The number of nitrogens with zero attached hydrogens (tertiary/aromatic N) is 1. The van der Waals surface area contributed by atoms with Crippen molar-refractivity contribution >= 4 is 28.6 Å². The highest BCUT2D eigenvalue weighted by Crippen LogP contribution is 2.25. The van der Waals surface area contributed by atoms with Gasteiger partial charge in [0.1, 0.15) is 11.5 Å². The number of aryl methyl sites for hydroxylation is 2. The van der Waals surface area contributed by atoms with Gasteiger partial charge in [-0.2, -0.15) is 0 Å². The number of furan rings is 1. The van der Waals surface area contributed by atoms with Crippen LogP contribution < -0.4 is 5.32 Å². The smallest absolute Gasteiger partial charge is 0.268 e. The fraction of sp³-hybridized carbons (Fsp3) is 0.208. The maximum absolute atomic E-state index is 12.9. The maximum atomic E-state index is 12.9. The van der Waals surface area contributed by atoms with Crippen molar-refractivity contribution in [3.05, 3.63) is 94.3 Å². The summed E-state index contributed by atoms with van der Waals surface area (Å²) < 4.78 is 7.76. The van der Waals surface area contributed by atoms with Crippen LogP contribution in [0.3, 0.4) is 0 Å². The number of fused-ring (bicyclic) bond motifs is 1. The van der Waals surface area contributed by atoms with E-state index in [-0.39, 0.29) is 5.91 Å².